The number of hydrogen-bond acceptors (Lipinski definition) is 3. The molecular formula is C22H30N4O. The zero-order valence-corrected chi connectivity index (χ0v) is 16.4. The molecule has 0 saturated heterocycles. The highest BCUT2D eigenvalue weighted by atomic mass is 16.5. The van der Waals surface area contributed by atoms with E-state index in [1.165, 1.54) is 31.2 Å². The highest BCUT2D eigenvalue weighted by Gasteiger charge is 2.36. The lowest BCUT2D eigenvalue weighted by Crippen LogP contribution is -2.44. The second-order valence-corrected chi connectivity index (χ2v) is 7.09. The van der Waals surface area contributed by atoms with Crippen LogP contribution in [0.1, 0.15) is 43.9 Å². The average Bonchev–Trinajstić information content (AvgIpc) is 3.21. The summed E-state index contributed by atoms with van der Waals surface area (Å²) in [5.41, 5.74) is 2.46. The Balaban J connectivity index is 1.73. The summed E-state index contributed by atoms with van der Waals surface area (Å²) in [6.07, 6.45) is 6.71. The molecule has 1 aromatic heterocycles. The topological polar surface area (TPSA) is 58.5 Å². The third-order valence-electron chi connectivity index (χ3n) is 5.31. The van der Waals surface area contributed by atoms with Gasteiger partial charge in [-0.15, -0.1) is 0 Å². The molecule has 0 amide bonds. The van der Waals surface area contributed by atoms with Gasteiger partial charge in [0, 0.05) is 24.7 Å². The Morgan fingerprint density at radius 2 is 2.00 bits per heavy atom. The van der Waals surface area contributed by atoms with Crippen molar-refractivity contribution in [3.63, 3.8) is 0 Å². The van der Waals surface area contributed by atoms with E-state index in [9.17, 15) is 0 Å². The first-order chi connectivity index (χ1) is 13.3. The number of pyridine rings is 1. The number of hydrogen-bond donors (Lipinski definition) is 2. The second-order valence-electron chi connectivity index (χ2n) is 7.09. The molecule has 1 saturated carbocycles. The van der Waals surface area contributed by atoms with Gasteiger partial charge in [-0.25, -0.2) is 4.99 Å². The molecule has 0 spiro atoms. The molecule has 1 aromatic carbocycles. The van der Waals surface area contributed by atoms with Gasteiger partial charge in [0.05, 0.1) is 19.3 Å². The molecule has 2 N–H and O–H groups in total. The Hall–Kier alpha value is -2.56. The Bertz CT molecular complexity index is 739. The lowest BCUT2D eigenvalue weighted by Gasteiger charge is -2.31. The van der Waals surface area contributed by atoms with E-state index >= 15 is 0 Å². The molecule has 1 heterocycles. The first-order valence-electron chi connectivity index (χ1n) is 9.82. The van der Waals surface area contributed by atoms with E-state index in [0.29, 0.717) is 6.54 Å². The van der Waals surface area contributed by atoms with Crippen molar-refractivity contribution in [2.75, 3.05) is 20.2 Å². The minimum atomic E-state index is 0.135. The summed E-state index contributed by atoms with van der Waals surface area (Å²) in [6.45, 7) is 4.36. The van der Waals surface area contributed by atoms with Crippen LogP contribution in [0.3, 0.4) is 0 Å². The molecule has 0 aliphatic heterocycles. The maximum absolute atomic E-state index is 5.45. The molecule has 0 atom stereocenters. The van der Waals surface area contributed by atoms with Gasteiger partial charge in [-0.3, -0.25) is 4.98 Å². The summed E-state index contributed by atoms with van der Waals surface area (Å²) in [5, 5.41) is 6.93. The van der Waals surface area contributed by atoms with E-state index in [1.54, 1.807) is 7.11 Å². The summed E-state index contributed by atoms with van der Waals surface area (Å²) in [5.74, 6) is 1.77. The lowest BCUT2D eigenvalue weighted by atomic mass is 9.78. The summed E-state index contributed by atoms with van der Waals surface area (Å²) < 4.78 is 5.45. The minimum absolute atomic E-state index is 0.135. The fourth-order valence-electron chi connectivity index (χ4n) is 3.82. The number of ether oxygens (including phenoxy) is 1. The van der Waals surface area contributed by atoms with E-state index in [4.69, 9.17) is 9.73 Å². The number of rotatable bonds is 7. The standard InChI is InChI=1S/C22H30N4O/c1-3-23-21(25-16-19-10-4-7-14-24-19)26-17-22(12-5-6-13-22)18-9-8-11-20(15-18)27-2/h4,7-11,14-15H,3,5-6,12-13,16-17H2,1-2H3,(H2,23,25,26). The SMILES string of the molecule is CCNC(=NCc1ccccn1)NCC1(c2cccc(OC)c2)CCCC1. The summed E-state index contributed by atoms with van der Waals surface area (Å²) >= 11 is 0. The van der Waals surface area contributed by atoms with Gasteiger partial charge in [-0.05, 0) is 49.6 Å². The van der Waals surface area contributed by atoms with Crippen molar-refractivity contribution < 1.29 is 4.74 Å². The molecule has 3 rings (SSSR count). The van der Waals surface area contributed by atoms with Gasteiger partial charge >= 0.3 is 0 Å². The lowest BCUT2D eigenvalue weighted by molar-refractivity contribution is 0.404. The fraction of sp³-hybridized carbons (Fsp3) is 0.455. The number of nitrogens with one attached hydrogen (secondary N) is 2. The normalized spacial score (nSPS) is 16.1. The minimum Gasteiger partial charge on any atom is -0.497 e. The van der Waals surface area contributed by atoms with E-state index in [-0.39, 0.29) is 5.41 Å². The van der Waals surface area contributed by atoms with Gasteiger partial charge in [0.15, 0.2) is 5.96 Å². The quantitative estimate of drug-likeness (QED) is 0.580. The third-order valence-corrected chi connectivity index (χ3v) is 5.31. The van der Waals surface area contributed by atoms with Crippen LogP contribution in [-0.2, 0) is 12.0 Å². The average molecular weight is 367 g/mol. The van der Waals surface area contributed by atoms with Crippen LogP contribution in [0.2, 0.25) is 0 Å². The van der Waals surface area contributed by atoms with E-state index in [0.717, 1.165) is 30.5 Å². The van der Waals surface area contributed by atoms with Crippen molar-refractivity contribution in [2.24, 2.45) is 4.99 Å². The van der Waals surface area contributed by atoms with Crippen molar-refractivity contribution in [1.29, 1.82) is 0 Å². The predicted molar refractivity (Wildman–Crippen MR) is 110 cm³/mol. The third kappa shape index (κ3) is 5.00. The second kappa shape index (κ2) is 9.40. The maximum atomic E-state index is 5.45. The van der Waals surface area contributed by atoms with E-state index in [1.807, 2.05) is 30.5 Å². The van der Waals surface area contributed by atoms with Crippen molar-refractivity contribution in [3.8, 4) is 5.75 Å². The zero-order valence-electron chi connectivity index (χ0n) is 16.4. The van der Waals surface area contributed by atoms with Gasteiger partial charge in [0.1, 0.15) is 5.75 Å². The molecule has 5 heteroatoms. The van der Waals surface area contributed by atoms with E-state index in [2.05, 4.69) is 40.7 Å². The largest absolute Gasteiger partial charge is 0.497 e. The summed E-state index contributed by atoms with van der Waals surface area (Å²) in [7, 11) is 1.73. The maximum Gasteiger partial charge on any atom is 0.191 e. The van der Waals surface area contributed by atoms with Crippen LogP contribution in [0.25, 0.3) is 0 Å². The van der Waals surface area contributed by atoms with Crippen LogP contribution < -0.4 is 15.4 Å². The van der Waals surface area contributed by atoms with E-state index < -0.39 is 0 Å². The molecule has 0 unspecified atom stereocenters. The van der Waals surface area contributed by atoms with Gasteiger partial charge in [-0.2, -0.15) is 0 Å². The number of aliphatic imine (C=N–C) groups is 1. The smallest absolute Gasteiger partial charge is 0.191 e. The van der Waals surface area contributed by atoms with Crippen molar-refractivity contribution in [2.45, 2.75) is 44.6 Å². The van der Waals surface area contributed by atoms with Crippen LogP contribution in [0.15, 0.2) is 53.7 Å². The molecule has 5 nitrogen and oxygen atoms in total. The first kappa shape index (κ1) is 19.2. The molecule has 144 valence electrons. The molecule has 1 fully saturated rings. The summed E-state index contributed by atoms with van der Waals surface area (Å²) in [4.78, 5) is 9.06. The number of benzene rings is 1. The van der Waals surface area contributed by atoms with Gasteiger partial charge in [-0.1, -0.05) is 31.0 Å². The van der Waals surface area contributed by atoms with Crippen molar-refractivity contribution in [3.05, 3.63) is 59.9 Å². The monoisotopic (exact) mass is 366 g/mol. The number of methoxy groups -OCH3 is 1. The molecule has 0 radical (unpaired) electrons. The number of guanidine groups is 1. The molecule has 1 aliphatic rings. The Morgan fingerprint density at radius 3 is 2.70 bits per heavy atom. The van der Waals surface area contributed by atoms with Gasteiger partial charge < -0.3 is 15.4 Å². The van der Waals surface area contributed by atoms with Gasteiger partial charge in [0.2, 0.25) is 0 Å². The highest BCUT2D eigenvalue weighted by Crippen LogP contribution is 2.41. The molecular weight excluding hydrogens is 336 g/mol. The molecule has 1 aliphatic carbocycles. The fourth-order valence-corrected chi connectivity index (χ4v) is 3.82. The number of aromatic nitrogens is 1. The van der Waals surface area contributed by atoms with Crippen molar-refractivity contribution >= 4 is 5.96 Å². The Labute approximate surface area is 162 Å². The Morgan fingerprint density at radius 1 is 1.15 bits per heavy atom. The zero-order chi connectivity index (χ0) is 19.0. The van der Waals surface area contributed by atoms with Crippen LogP contribution >= 0.6 is 0 Å². The first-order valence-corrected chi connectivity index (χ1v) is 9.82. The Kier molecular flexibility index (Phi) is 6.69. The predicted octanol–water partition coefficient (Wildman–Crippen LogP) is 3.66. The van der Waals surface area contributed by atoms with Crippen LogP contribution in [0.4, 0.5) is 0 Å². The molecule has 27 heavy (non-hydrogen) atoms. The summed E-state index contributed by atoms with van der Waals surface area (Å²) in [6, 6.07) is 14.4. The van der Waals surface area contributed by atoms with Crippen LogP contribution in [0, 0.1) is 0 Å². The highest BCUT2D eigenvalue weighted by molar-refractivity contribution is 5.79. The van der Waals surface area contributed by atoms with Crippen LogP contribution in [0.5, 0.6) is 5.75 Å². The van der Waals surface area contributed by atoms with Crippen LogP contribution in [-0.4, -0.2) is 31.1 Å². The van der Waals surface area contributed by atoms with Crippen molar-refractivity contribution in [1.82, 2.24) is 15.6 Å². The molecule has 0 bridgehead atoms. The molecule has 2 aromatic rings. The van der Waals surface area contributed by atoms with Gasteiger partial charge in [0.25, 0.3) is 0 Å². The number of nitrogens with zero attached hydrogens (tertiary/aromatic N) is 2.